The summed E-state index contributed by atoms with van der Waals surface area (Å²) in [6.45, 7) is 5.43. The molecule has 0 spiro atoms. The summed E-state index contributed by atoms with van der Waals surface area (Å²) in [6, 6.07) is 3.18. The lowest BCUT2D eigenvalue weighted by molar-refractivity contribution is -0.288. The summed E-state index contributed by atoms with van der Waals surface area (Å²) in [5.74, 6) is -3.04. The lowest BCUT2D eigenvalue weighted by Crippen LogP contribution is -2.63. The third-order valence-corrected chi connectivity index (χ3v) is 5.36. The van der Waals surface area contributed by atoms with Gasteiger partial charge in [-0.15, -0.1) is 0 Å². The molecule has 0 aliphatic carbocycles. The average molecular weight is 583 g/mol. The standard InChI is InChI=1S/C27H34O14/c1-14(28)35-10-8-9-19-11-20(33-6)23(21(12-19)34-7)41-27-26(39-18(5)32)25(38-17(4)31)24(37-16(3)30)22(40-27)13-36-15(2)29/h8-9,11-12,22,24-27H,10,13H2,1-7H3/b9-8+/t22-,24-,25+,26-,27+/m0/s1. The summed E-state index contributed by atoms with van der Waals surface area (Å²) in [7, 11) is 2.75. The third kappa shape index (κ3) is 9.98. The maximum atomic E-state index is 12.1. The van der Waals surface area contributed by atoms with Crippen molar-refractivity contribution in [3.8, 4) is 17.2 Å². The van der Waals surface area contributed by atoms with Crippen LogP contribution >= 0.6 is 0 Å². The minimum absolute atomic E-state index is 0.0213. The van der Waals surface area contributed by atoms with Crippen LogP contribution in [0.5, 0.6) is 17.2 Å². The van der Waals surface area contributed by atoms with Gasteiger partial charge in [-0.2, -0.15) is 0 Å². The normalized spacial score (nSPS) is 21.8. The predicted octanol–water partition coefficient (Wildman–Crippen LogP) is 1.74. The Bertz CT molecular complexity index is 1120. The highest BCUT2D eigenvalue weighted by Gasteiger charge is 2.53. The first-order valence-electron chi connectivity index (χ1n) is 12.4. The summed E-state index contributed by atoms with van der Waals surface area (Å²) in [5, 5.41) is 0. The number of carbonyl (C=O) groups is 5. The maximum Gasteiger partial charge on any atom is 0.303 e. The number of esters is 5. The molecule has 1 saturated heterocycles. The number of methoxy groups -OCH3 is 2. The topological polar surface area (TPSA) is 168 Å². The van der Waals surface area contributed by atoms with Gasteiger partial charge in [0.15, 0.2) is 23.7 Å². The minimum atomic E-state index is -1.50. The first kappa shape index (κ1) is 32.9. The van der Waals surface area contributed by atoms with E-state index in [2.05, 4.69) is 0 Å². The lowest BCUT2D eigenvalue weighted by atomic mass is 9.98. The zero-order valence-electron chi connectivity index (χ0n) is 23.8. The van der Waals surface area contributed by atoms with Crippen LogP contribution in [0, 0.1) is 0 Å². The van der Waals surface area contributed by atoms with Crippen molar-refractivity contribution in [1.29, 1.82) is 0 Å². The molecule has 0 saturated carbocycles. The Balaban J connectivity index is 2.56. The van der Waals surface area contributed by atoms with Crippen LogP contribution in [0.25, 0.3) is 6.08 Å². The van der Waals surface area contributed by atoms with Gasteiger partial charge in [-0.25, -0.2) is 0 Å². The molecule has 226 valence electrons. The van der Waals surface area contributed by atoms with E-state index in [4.69, 9.17) is 42.6 Å². The molecule has 0 amide bonds. The Labute approximate surface area is 236 Å². The van der Waals surface area contributed by atoms with Crippen molar-refractivity contribution in [1.82, 2.24) is 0 Å². The molecule has 0 unspecified atom stereocenters. The Morgan fingerprint density at radius 1 is 0.732 bits per heavy atom. The fourth-order valence-corrected chi connectivity index (χ4v) is 3.86. The van der Waals surface area contributed by atoms with E-state index in [1.165, 1.54) is 28.1 Å². The molecule has 2 rings (SSSR count). The molecule has 0 bridgehead atoms. The van der Waals surface area contributed by atoms with Crippen molar-refractivity contribution < 1.29 is 66.6 Å². The quantitative estimate of drug-likeness (QED) is 0.258. The van der Waals surface area contributed by atoms with Gasteiger partial charge in [0.1, 0.15) is 19.3 Å². The zero-order chi connectivity index (χ0) is 30.7. The molecule has 1 aliphatic heterocycles. The van der Waals surface area contributed by atoms with E-state index < -0.39 is 67.2 Å². The van der Waals surface area contributed by atoms with Crippen molar-refractivity contribution in [3.05, 3.63) is 23.8 Å². The van der Waals surface area contributed by atoms with Gasteiger partial charge in [-0.1, -0.05) is 6.08 Å². The molecule has 41 heavy (non-hydrogen) atoms. The van der Waals surface area contributed by atoms with E-state index in [-0.39, 0.29) is 23.9 Å². The van der Waals surface area contributed by atoms with Crippen LogP contribution < -0.4 is 14.2 Å². The largest absolute Gasteiger partial charge is 0.493 e. The zero-order valence-corrected chi connectivity index (χ0v) is 23.8. The number of rotatable bonds is 12. The van der Waals surface area contributed by atoms with Gasteiger partial charge in [-0.05, 0) is 23.8 Å². The molecule has 5 atom stereocenters. The molecule has 1 aliphatic rings. The van der Waals surface area contributed by atoms with Gasteiger partial charge < -0.3 is 42.6 Å². The highest BCUT2D eigenvalue weighted by Crippen LogP contribution is 2.41. The predicted molar refractivity (Wildman–Crippen MR) is 138 cm³/mol. The number of hydrogen-bond donors (Lipinski definition) is 0. The van der Waals surface area contributed by atoms with Gasteiger partial charge in [0.2, 0.25) is 18.1 Å². The van der Waals surface area contributed by atoms with Gasteiger partial charge >= 0.3 is 29.8 Å². The van der Waals surface area contributed by atoms with E-state index in [1.807, 2.05) is 0 Å². The van der Waals surface area contributed by atoms with Crippen molar-refractivity contribution >= 4 is 35.9 Å². The molecule has 14 heteroatoms. The fourth-order valence-electron chi connectivity index (χ4n) is 3.86. The molecule has 14 nitrogen and oxygen atoms in total. The summed E-state index contributed by atoms with van der Waals surface area (Å²) < 4.78 is 49.3. The summed E-state index contributed by atoms with van der Waals surface area (Å²) in [6.07, 6.45) is -3.64. The first-order chi connectivity index (χ1) is 19.4. The van der Waals surface area contributed by atoms with Crippen LogP contribution in [-0.4, -0.2) is 88.0 Å². The molecule has 1 aromatic carbocycles. The van der Waals surface area contributed by atoms with Crippen molar-refractivity contribution in [2.45, 2.75) is 65.3 Å². The van der Waals surface area contributed by atoms with Crippen molar-refractivity contribution in [3.63, 3.8) is 0 Å². The Morgan fingerprint density at radius 3 is 1.73 bits per heavy atom. The first-order valence-corrected chi connectivity index (χ1v) is 12.4. The number of ether oxygens (including phenoxy) is 9. The summed E-state index contributed by atoms with van der Waals surface area (Å²) in [4.78, 5) is 58.6. The minimum Gasteiger partial charge on any atom is -0.493 e. The van der Waals surface area contributed by atoms with E-state index in [9.17, 15) is 24.0 Å². The molecule has 1 aromatic rings. The van der Waals surface area contributed by atoms with Crippen LogP contribution in [0.3, 0.4) is 0 Å². The Hall–Kier alpha value is -4.33. The average Bonchev–Trinajstić information content (AvgIpc) is 2.88. The molecule has 0 radical (unpaired) electrons. The van der Waals surface area contributed by atoms with Crippen LogP contribution in [0.1, 0.15) is 40.2 Å². The summed E-state index contributed by atoms with van der Waals surface area (Å²) >= 11 is 0. The highest BCUT2D eigenvalue weighted by molar-refractivity contribution is 5.69. The van der Waals surface area contributed by atoms with E-state index in [0.717, 1.165) is 20.8 Å². The van der Waals surface area contributed by atoms with Gasteiger partial charge in [0.25, 0.3) is 0 Å². The van der Waals surface area contributed by atoms with Crippen LogP contribution in [-0.2, 0) is 52.4 Å². The smallest absolute Gasteiger partial charge is 0.303 e. The fraction of sp³-hybridized carbons (Fsp3) is 0.519. The second-order valence-electron chi connectivity index (χ2n) is 8.65. The Morgan fingerprint density at radius 2 is 1.24 bits per heavy atom. The molecule has 0 aromatic heterocycles. The van der Waals surface area contributed by atoms with E-state index >= 15 is 0 Å². The van der Waals surface area contributed by atoms with E-state index in [1.54, 1.807) is 24.3 Å². The molecular weight excluding hydrogens is 548 g/mol. The van der Waals surface area contributed by atoms with Gasteiger partial charge in [0.05, 0.1) is 14.2 Å². The second-order valence-corrected chi connectivity index (χ2v) is 8.65. The van der Waals surface area contributed by atoms with Crippen LogP contribution in [0.15, 0.2) is 18.2 Å². The summed E-state index contributed by atoms with van der Waals surface area (Å²) in [5.41, 5.74) is 0.597. The SMILES string of the molecule is COc1cc(/C=C/COC(C)=O)cc(OC)c1O[C@H]1O[C@@H](COC(C)=O)[C@H](OC(C)=O)[C@@H](OC(C)=O)[C@@H]1OC(C)=O. The van der Waals surface area contributed by atoms with E-state index in [0.29, 0.717) is 5.56 Å². The van der Waals surface area contributed by atoms with Crippen molar-refractivity contribution in [2.24, 2.45) is 0 Å². The second kappa shape index (κ2) is 15.5. The number of benzene rings is 1. The number of carbonyl (C=O) groups excluding carboxylic acids is 5. The molecule has 1 heterocycles. The molecule has 1 fully saturated rings. The maximum absolute atomic E-state index is 12.1. The van der Waals surface area contributed by atoms with Crippen LogP contribution in [0.4, 0.5) is 0 Å². The van der Waals surface area contributed by atoms with Crippen molar-refractivity contribution in [2.75, 3.05) is 27.4 Å². The van der Waals surface area contributed by atoms with Crippen LogP contribution in [0.2, 0.25) is 0 Å². The lowest BCUT2D eigenvalue weighted by Gasteiger charge is -2.44. The molecular formula is C27H34O14. The highest BCUT2D eigenvalue weighted by atomic mass is 16.7. The van der Waals surface area contributed by atoms with Gasteiger partial charge in [-0.3, -0.25) is 24.0 Å². The number of hydrogen-bond acceptors (Lipinski definition) is 14. The Kier molecular flexibility index (Phi) is 12.4. The molecule has 0 N–H and O–H groups in total. The third-order valence-electron chi connectivity index (χ3n) is 5.36. The van der Waals surface area contributed by atoms with Gasteiger partial charge in [0, 0.05) is 34.6 Å². The monoisotopic (exact) mass is 582 g/mol.